The number of aliphatic hydroxyl groups is 1. The highest BCUT2D eigenvalue weighted by Gasteiger charge is 2.42. The van der Waals surface area contributed by atoms with Gasteiger partial charge < -0.3 is 14.6 Å². The van der Waals surface area contributed by atoms with Crippen LogP contribution in [0.15, 0.2) is 18.2 Å². The van der Waals surface area contributed by atoms with Gasteiger partial charge >= 0.3 is 0 Å². The Morgan fingerprint density at radius 3 is 2.78 bits per heavy atom. The van der Waals surface area contributed by atoms with E-state index in [0.29, 0.717) is 13.0 Å². The van der Waals surface area contributed by atoms with Gasteiger partial charge in [-0.05, 0) is 37.5 Å². The van der Waals surface area contributed by atoms with Crippen LogP contribution in [0.5, 0.6) is 5.75 Å². The van der Waals surface area contributed by atoms with Gasteiger partial charge in [-0.25, -0.2) is 0 Å². The quantitative estimate of drug-likeness (QED) is 0.873. The number of aryl methyl sites for hydroxylation is 2. The molecule has 0 radical (unpaired) electrons. The lowest BCUT2D eigenvalue weighted by molar-refractivity contribution is -0.162. The highest BCUT2D eigenvalue weighted by Crippen LogP contribution is 2.31. The van der Waals surface area contributed by atoms with Gasteiger partial charge in [0.05, 0.1) is 6.10 Å². The van der Waals surface area contributed by atoms with Gasteiger partial charge in [-0.2, -0.15) is 0 Å². The normalized spacial score (nSPS) is 26.8. The van der Waals surface area contributed by atoms with Crippen molar-refractivity contribution in [3.8, 4) is 5.75 Å². The minimum absolute atomic E-state index is 0.0213. The molecule has 0 bridgehead atoms. The number of hydrogen-bond donors (Lipinski definition) is 1. The van der Waals surface area contributed by atoms with E-state index in [4.69, 9.17) is 9.47 Å². The molecule has 1 aliphatic carbocycles. The fourth-order valence-corrected chi connectivity index (χ4v) is 2.14. The van der Waals surface area contributed by atoms with Crippen molar-refractivity contribution in [2.45, 2.75) is 51.9 Å². The van der Waals surface area contributed by atoms with E-state index >= 15 is 0 Å². The molecule has 1 saturated carbocycles. The van der Waals surface area contributed by atoms with Crippen molar-refractivity contribution in [2.24, 2.45) is 0 Å². The molecule has 0 heterocycles. The van der Waals surface area contributed by atoms with Gasteiger partial charge in [-0.15, -0.1) is 0 Å². The van der Waals surface area contributed by atoms with Crippen LogP contribution in [0.4, 0.5) is 0 Å². The van der Waals surface area contributed by atoms with Crippen molar-refractivity contribution in [1.82, 2.24) is 0 Å². The van der Waals surface area contributed by atoms with Crippen LogP contribution in [-0.4, -0.2) is 30.0 Å². The molecular weight excluding hydrogens is 228 g/mol. The number of benzene rings is 1. The predicted octanol–water partition coefficient (Wildman–Crippen LogP) is 2.61. The first-order valence-corrected chi connectivity index (χ1v) is 6.65. The van der Waals surface area contributed by atoms with Gasteiger partial charge in [0, 0.05) is 13.0 Å². The molecule has 3 nitrogen and oxygen atoms in total. The van der Waals surface area contributed by atoms with Crippen LogP contribution in [0.3, 0.4) is 0 Å². The molecule has 3 heteroatoms. The predicted molar refractivity (Wildman–Crippen MR) is 71.0 cm³/mol. The number of rotatable bonds is 5. The van der Waals surface area contributed by atoms with Crippen LogP contribution in [0.25, 0.3) is 0 Å². The monoisotopic (exact) mass is 250 g/mol. The van der Waals surface area contributed by atoms with Crippen LogP contribution < -0.4 is 4.74 Å². The van der Waals surface area contributed by atoms with Crippen molar-refractivity contribution < 1.29 is 14.6 Å². The molecule has 18 heavy (non-hydrogen) atoms. The largest absolute Gasteiger partial charge is 0.487 e. The van der Waals surface area contributed by atoms with E-state index in [1.165, 1.54) is 5.56 Å². The second-order valence-corrected chi connectivity index (χ2v) is 5.06. The summed E-state index contributed by atoms with van der Waals surface area (Å²) < 4.78 is 11.6. The third-order valence-corrected chi connectivity index (χ3v) is 3.36. The Morgan fingerprint density at radius 1 is 1.33 bits per heavy atom. The van der Waals surface area contributed by atoms with Gasteiger partial charge in [-0.1, -0.05) is 19.1 Å². The Balaban J connectivity index is 1.98. The summed E-state index contributed by atoms with van der Waals surface area (Å²) in [5, 5.41) is 9.70. The summed E-state index contributed by atoms with van der Waals surface area (Å²) in [6.45, 7) is 6.82. The lowest BCUT2D eigenvalue weighted by Gasteiger charge is -2.41. The first-order chi connectivity index (χ1) is 8.61. The van der Waals surface area contributed by atoms with Crippen molar-refractivity contribution >= 4 is 0 Å². The minimum atomic E-state index is -0.383. The molecule has 0 aromatic heterocycles. The van der Waals surface area contributed by atoms with Gasteiger partial charge in [0.2, 0.25) is 0 Å². The van der Waals surface area contributed by atoms with Crippen LogP contribution in [-0.2, 0) is 4.74 Å². The maximum atomic E-state index is 9.70. The summed E-state index contributed by atoms with van der Waals surface area (Å²) in [7, 11) is 0. The third kappa shape index (κ3) is 2.85. The molecule has 1 fully saturated rings. The van der Waals surface area contributed by atoms with E-state index in [-0.39, 0.29) is 18.3 Å². The highest BCUT2D eigenvalue weighted by atomic mass is 16.6. The molecule has 0 aliphatic heterocycles. The van der Waals surface area contributed by atoms with Crippen LogP contribution in [0.2, 0.25) is 0 Å². The molecule has 3 atom stereocenters. The Labute approximate surface area is 109 Å². The second kappa shape index (κ2) is 5.72. The summed E-state index contributed by atoms with van der Waals surface area (Å²) in [6, 6.07) is 6.17. The summed E-state index contributed by atoms with van der Waals surface area (Å²) in [5.41, 5.74) is 2.30. The fourth-order valence-electron chi connectivity index (χ4n) is 2.14. The van der Waals surface area contributed by atoms with E-state index in [1.54, 1.807) is 0 Å². The molecule has 100 valence electrons. The number of aliphatic hydroxyl groups excluding tert-OH is 1. The van der Waals surface area contributed by atoms with Crippen molar-refractivity contribution in [3.05, 3.63) is 29.3 Å². The van der Waals surface area contributed by atoms with Crippen molar-refractivity contribution in [1.29, 1.82) is 0 Å². The lowest BCUT2D eigenvalue weighted by atomic mass is 9.88. The fraction of sp³-hybridized carbons (Fsp3) is 0.600. The lowest BCUT2D eigenvalue weighted by Crippen LogP contribution is -2.55. The van der Waals surface area contributed by atoms with Crippen LogP contribution in [0.1, 0.15) is 30.9 Å². The molecule has 1 aromatic carbocycles. The zero-order chi connectivity index (χ0) is 13.1. The van der Waals surface area contributed by atoms with E-state index in [1.807, 2.05) is 19.9 Å². The summed E-state index contributed by atoms with van der Waals surface area (Å²) in [4.78, 5) is 0. The highest BCUT2D eigenvalue weighted by molar-refractivity contribution is 5.36. The summed E-state index contributed by atoms with van der Waals surface area (Å²) in [5.74, 6) is 0.900. The van der Waals surface area contributed by atoms with E-state index < -0.39 is 0 Å². The van der Waals surface area contributed by atoms with E-state index in [0.717, 1.165) is 17.7 Å². The Bertz CT molecular complexity index is 403. The van der Waals surface area contributed by atoms with Crippen molar-refractivity contribution in [3.63, 3.8) is 0 Å². The van der Waals surface area contributed by atoms with Gasteiger partial charge in [-0.3, -0.25) is 0 Å². The zero-order valence-electron chi connectivity index (χ0n) is 11.3. The van der Waals surface area contributed by atoms with Crippen LogP contribution in [0, 0.1) is 13.8 Å². The molecule has 1 aromatic rings. The molecule has 1 N–H and O–H groups in total. The average molecular weight is 250 g/mol. The maximum absolute atomic E-state index is 9.70. The molecule has 2 rings (SSSR count). The first kappa shape index (κ1) is 13.4. The SMILES string of the molecule is CCCOC1C(O)CC1Oc1cc(C)ccc1C. The topological polar surface area (TPSA) is 38.7 Å². The Morgan fingerprint density at radius 2 is 2.11 bits per heavy atom. The molecule has 1 aliphatic rings. The van der Waals surface area contributed by atoms with E-state index in [9.17, 15) is 5.11 Å². The van der Waals surface area contributed by atoms with E-state index in [2.05, 4.69) is 19.1 Å². The zero-order valence-corrected chi connectivity index (χ0v) is 11.3. The first-order valence-electron chi connectivity index (χ1n) is 6.65. The Kier molecular flexibility index (Phi) is 4.25. The molecule has 0 spiro atoms. The van der Waals surface area contributed by atoms with Crippen LogP contribution >= 0.6 is 0 Å². The standard InChI is InChI=1S/C15H22O3/c1-4-7-17-15-12(16)9-14(15)18-13-8-10(2)5-6-11(13)3/h5-6,8,12,14-16H,4,7,9H2,1-3H3. The summed E-state index contributed by atoms with van der Waals surface area (Å²) >= 11 is 0. The smallest absolute Gasteiger partial charge is 0.130 e. The van der Waals surface area contributed by atoms with Gasteiger partial charge in [0.15, 0.2) is 0 Å². The molecule has 3 unspecified atom stereocenters. The third-order valence-electron chi connectivity index (χ3n) is 3.36. The maximum Gasteiger partial charge on any atom is 0.130 e. The molecule has 0 amide bonds. The number of hydrogen-bond acceptors (Lipinski definition) is 3. The molecular formula is C15H22O3. The average Bonchev–Trinajstić information content (AvgIpc) is 2.33. The Hall–Kier alpha value is -1.06. The second-order valence-electron chi connectivity index (χ2n) is 5.06. The minimum Gasteiger partial charge on any atom is -0.487 e. The van der Waals surface area contributed by atoms with Gasteiger partial charge in [0.25, 0.3) is 0 Å². The van der Waals surface area contributed by atoms with Gasteiger partial charge in [0.1, 0.15) is 18.0 Å². The molecule has 0 saturated heterocycles. The number of ether oxygens (including phenoxy) is 2. The van der Waals surface area contributed by atoms with Crippen molar-refractivity contribution in [2.75, 3.05) is 6.61 Å². The summed E-state index contributed by atoms with van der Waals surface area (Å²) in [6.07, 6.45) is 1.03.